The van der Waals surface area contributed by atoms with Gasteiger partial charge in [0, 0.05) is 61.3 Å². The number of aryl methyl sites for hydroxylation is 2. The Kier molecular flexibility index (Phi) is 5.98. The minimum atomic E-state index is -0.183. The first-order valence-corrected chi connectivity index (χ1v) is 10.4. The summed E-state index contributed by atoms with van der Waals surface area (Å²) in [6.45, 7) is 4.04. The van der Waals surface area contributed by atoms with Crippen LogP contribution in [0.4, 0.5) is 11.5 Å². The van der Waals surface area contributed by atoms with E-state index >= 15 is 0 Å². The molecule has 32 heavy (non-hydrogen) atoms. The van der Waals surface area contributed by atoms with Crippen LogP contribution in [-0.2, 0) is 11.3 Å². The fourth-order valence-electron chi connectivity index (χ4n) is 3.50. The first-order chi connectivity index (χ1) is 15.4. The van der Waals surface area contributed by atoms with E-state index in [0.29, 0.717) is 5.82 Å². The van der Waals surface area contributed by atoms with Crippen molar-refractivity contribution in [3.63, 3.8) is 0 Å². The number of amides is 1. The second-order valence-electron chi connectivity index (χ2n) is 8.00. The van der Waals surface area contributed by atoms with Crippen molar-refractivity contribution in [1.82, 2.24) is 19.7 Å². The van der Waals surface area contributed by atoms with E-state index in [1.54, 1.807) is 17.1 Å². The summed E-state index contributed by atoms with van der Waals surface area (Å²) in [5.74, 6) is 0.327. The Labute approximate surface area is 187 Å². The van der Waals surface area contributed by atoms with Gasteiger partial charge in [-0.25, -0.2) is 4.98 Å². The van der Waals surface area contributed by atoms with Gasteiger partial charge in [0.15, 0.2) is 0 Å². The van der Waals surface area contributed by atoms with Gasteiger partial charge in [-0.3, -0.25) is 14.5 Å². The molecule has 0 aliphatic heterocycles. The van der Waals surface area contributed by atoms with Crippen molar-refractivity contribution in [3.8, 4) is 22.3 Å². The smallest absolute Gasteiger partial charge is 0.247 e. The molecule has 0 unspecified atom stereocenters. The highest BCUT2D eigenvalue weighted by molar-refractivity contribution is 5.89. The first-order valence-electron chi connectivity index (χ1n) is 10.4. The van der Waals surface area contributed by atoms with Crippen molar-refractivity contribution in [3.05, 3.63) is 78.5 Å². The number of nitrogens with one attached hydrogen (secondary N) is 1. The molecule has 0 fully saturated rings. The van der Waals surface area contributed by atoms with Gasteiger partial charge in [-0.1, -0.05) is 12.1 Å². The summed E-state index contributed by atoms with van der Waals surface area (Å²) in [6, 6.07) is 14.1. The molecule has 0 aliphatic carbocycles. The van der Waals surface area contributed by atoms with E-state index in [2.05, 4.69) is 55.6 Å². The van der Waals surface area contributed by atoms with Crippen LogP contribution in [0.2, 0.25) is 0 Å². The molecule has 3 aromatic heterocycles. The average molecular weight is 427 g/mol. The second-order valence-corrected chi connectivity index (χ2v) is 8.00. The number of anilines is 2. The molecule has 0 atom stereocenters. The molecule has 0 radical (unpaired) electrons. The number of nitrogens with zero attached hydrogens (tertiary/aromatic N) is 5. The molecule has 1 aromatic carbocycles. The molecule has 3 heterocycles. The van der Waals surface area contributed by atoms with Gasteiger partial charge < -0.3 is 10.2 Å². The lowest BCUT2D eigenvalue weighted by Gasteiger charge is -2.12. The number of benzene rings is 1. The molecule has 0 aliphatic rings. The number of rotatable bonds is 6. The van der Waals surface area contributed by atoms with Crippen molar-refractivity contribution >= 4 is 17.4 Å². The van der Waals surface area contributed by atoms with E-state index in [-0.39, 0.29) is 12.5 Å². The van der Waals surface area contributed by atoms with Crippen LogP contribution in [0.1, 0.15) is 11.3 Å². The second kappa shape index (κ2) is 9.01. The summed E-state index contributed by atoms with van der Waals surface area (Å²) in [5, 5.41) is 7.32. The molecule has 4 aromatic rings. The number of hydrogen-bond acceptors (Lipinski definition) is 5. The van der Waals surface area contributed by atoms with Gasteiger partial charge in [0.05, 0.1) is 5.69 Å². The summed E-state index contributed by atoms with van der Waals surface area (Å²) in [6.07, 6.45) is 7.26. The van der Waals surface area contributed by atoms with Crippen molar-refractivity contribution in [2.24, 2.45) is 0 Å². The maximum absolute atomic E-state index is 12.5. The summed E-state index contributed by atoms with van der Waals surface area (Å²) in [5.41, 5.74) is 7.10. The van der Waals surface area contributed by atoms with Crippen LogP contribution >= 0.6 is 0 Å². The van der Waals surface area contributed by atoms with Gasteiger partial charge in [0.25, 0.3) is 0 Å². The Morgan fingerprint density at radius 3 is 2.38 bits per heavy atom. The van der Waals surface area contributed by atoms with Crippen LogP contribution in [-0.4, -0.2) is 39.8 Å². The highest BCUT2D eigenvalue weighted by Gasteiger charge is 2.11. The maximum Gasteiger partial charge on any atom is 0.247 e. The zero-order chi connectivity index (χ0) is 22.7. The highest BCUT2D eigenvalue weighted by Crippen LogP contribution is 2.24. The molecule has 1 amide bonds. The van der Waals surface area contributed by atoms with E-state index in [9.17, 15) is 4.79 Å². The molecule has 0 saturated heterocycles. The molecule has 7 heteroatoms. The summed E-state index contributed by atoms with van der Waals surface area (Å²) in [4.78, 5) is 23.2. The molecule has 4 rings (SSSR count). The lowest BCUT2D eigenvalue weighted by Crippen LogP contribution is -2.19. The Bertz CT molecular complexity index is 1230. The lowest BCUT2D eigenvalue weighted by atomic mass is 10.1. The van der Waals surface area contributed by atoms with Crippen LogP contribution in [0.15, 0.2) is 67.3 Å². The fraction of sp³-hybridized carbons (Fsp3) is 0.200. The predicted octanol–water partition coefficient (Wildman–Crippen LogP) is 4.33. The predicted molar refractivity (Wildman–Crippen MR) is 128 cm³/mol. The summed E-state index contributed by atoms with van der Waals surface area (Å²) in [7, 11) is 4.03. The van der Waals surface area contributed by atoms with Crippen molar-refractivity contribution in [2.45, 2.75) is 20.4 Å². The summed E-state index contributed by atoms with van der Waals surface area (Å²) >= 11 is 0. The quantitative estimate of drug-likeness (QED) is 0.497. The minimum absolute atomic E-state index is 0.107. The van der Waals surface area contributed by atoms with Crippen molar-refractivity contribution in [1.29, 1.82) is 0 Å². The van der Waals surface area contributed by atoms with Gasteiger partial charge in [-0.2, -0.15) is 5.10 Å². The zero-order valence-corrected chi connectivity index (χ0v) is 18.7. The number of hydrogen-bond donors (Lipinski definition) is 1. The Morgan fingerprint density at radius 1 is 0.969 bits per heavy atom. The average Bonchev–Trinajstić information content (AvgIpc) is 3.14. The van der Waals surface area contributed by atoms with E-state index in [1.165, 1.54) is 0 Å². The van der Waals surface area contributed by atoms with E-state index in [4.69, 9.17) is 0 Å². The van der Waals surface area contributed by atoms with Crippen molar-refractivity contribution < 1.29 is 4.79 Å². The number of pyridine rings is 2. The normalized spacial score (nSPS) is 10.8. The Balaban J connectivity index is 1.41. The summed E-state index contributed by atoms with van der Waals surface area (Å²) < 4.78 is 1.64. The maximum atomic E-state index is 12.5. The molecule has 7 nitrogen and oxygen atoms in total. The van der Waals surface area contributed by atoms with Crippen LogP contribution < -0.4 is 10.2 Å². The van der Waals surface area contributed by atoms with Gasteiger partial charge in [-0.15, -0.1) is 0 Å². The lowest BCUT2D eigenvalue weighted by molar-refractivity contribution is -0.116. The molecule has 1 N–H and O–H groups in total. The van der Waals surface area contributed by atoms with Crippen LogP contribution in [0.25, 0.3) is 22.3 Å². The zero-order valence-electron chi connectivity index (χ0n) is 18.7. The molecule has 0 saturated carbocycles. The third-order valence-corrected chi connectivity index (χ3v) is 5.19. The van der Waals surface area contributed by atoms with Gasteiger partial charge in [0.2, 0.25) is 5.91 Å². The number of carbonyl (C=O) groups is 1. The minimum Gasteiger partial charge on any atom is -0.378 e. The van der Waals surface area contributed by atoms with Crippen LogP contribution in [0.3, 0.4) is 0 Å². The molecule has 0 spiro atoms. The van der Waals surface area contributed by atoms with Crippen LogP contribution in [0, 0.1) is 13.8 Å². The molecular weight excluding hydrogens is 400 g/mol. The first kappa shape index (κ1) is 21.2. The number of aromatic nitrogens is 4. The van der Waals surface area contributed by atoms with E-state index in [1.807, 2.05) is 52.5 Å². The Morgan fingerprint density at radius 2 is 1.72 bits per heavy atom. The van der Waals surface area contributed by atoms with Crippen LogP contribution in [0.5, 0.6) is 0 Å². The third-order valence-electron chi connectivity index (χ3n) is 5.19. The molecular formula is C25H26N6O. The van der Waals surface area contributed by atoms with Gasteiger partial charge >= 0.3 is 0 Å². The Hall–Kier alpha value is -4.00. The molecule has 0 bridgehead atoms. The van der Waals surface area contributed by atoms with Crippen molar-refractivity contribution in [2.75, 3.05) is 24.3 Å². The fourth-order valence-corrected chi connectivity index (χ4v) is 3.50. The van der Waals surface area contributed by atoms with Gasteiger partial charge in [-0.05, 0) is 55.3 Å². The third kappa shape index (κ3) is 4.83. The molecule has 162 valence electrons. The topological polar surface area (TPSA) is 75.9 Å². The SMILES string of the molecule is Cc1cncc(-c2cn(CC(=O)Nc3ccc(-c4ccc(N(C)C)cc4)cn3)nc2C)c1. The number of carbonyl (C=O) groups excluding carboxylic acids is 1. The largest absolute Gasteiger partial charge is 0.378 e. The monoisotopic (exact) mass is 426 g/mol. The van der Waals surface area contributed by atoms with E-state index in [0.717, 1.165) is 39.2 Å². The van der Waals surface area contributed by atoms with Gasteiger partial charge in [0.1, 0.15) is 12.4 Å². The van der Waals surface area contributed by atoms with E-state index < -0.39 is 0 Å². The highest BCUT2D eigenvalue weighted by atomic mass is 16.2. The standard InChI is InChI=1S/C25H26N6O/c1-17-11-21(13-26-12-17)23-15-31(29-18(23)2)16-25(32)28-24-10-7-20(14-27-24)19-5-8-22(9-6-19)30(3)4/h5-15H,16H2,1-4H3,(H,27,28,32).